The van der Waals surface area contributed by atoms with Crippen LogP contribution in [0.4, 0.5) is 13.2 Å². The molecule has 140 valence electrons. The van der Waals surface area contributed by atoms with Crippen LogP contribution in [0.1, 0.15) is 15.9 Å². The number of methoxy groups -OCH3 is 2. The SMILES string of the molecule is COC(=O)c1c(Oc2ccc(OC(F)(F)F)cc2OC)ccc(Br)c1C. The quantitative estimate of drug-likeness (QED) is 0.602. The van der Waals surface area contributed by atoms with Crippen LogP contribution in [-0.2, 0) is 4.74 Å². The molecular formula is C17H14BrF3O5. The summed E-state index contributed by atoms with van der Waals surface area (Å²) < 4.78 is 57.0. The summed E-state index contributed by atoms with van der Waals surface area (Å²) in [6, 6.07) is 6.56. The van der Waals surface area contributed by atoms with Gasteiger partial charge in [0.05, 0.1) is 14.2 Å². The molecular weight excluding hydrogens is 421 g/mol. The van der Waals surface area contributed by atoms with E-state index in [1.807, 2.05) is 0 Å². The molecule has 0 radical (unpaired) electrons. The van der Waals surface area contributed by atoms with Crippen LogP contribution >= 0.6 is 15.9 Å². The number of rotatable bonds is 5. The standard InChI is InChI=1S/C17H14BrF3O5/c1-9-11(18)5-7-13(15(9)16(22)24-3)25-12-6-4-10(8-14(12)23-2)26-17(19,20)21/h4-8H,1-3H3. The molecule has 0 bridgehead atoms. The van der Waals surface area contributed by atoms with Crippen LogP contribution in [0.5, 0.6) is 23.0 Å². The van der Waals surface area contributed by atoms with Crippen LogP contribution in [-0.4, -0.2) is 26.6 Å². The van der Waals surface area contributed by atoms with Gasteiger partial charge < -0.3 is 18.9 Å². The highest BCUT2D eigenvalue weighted by Gasteiger charge is 2.31. The number of benzene rings is 2. The molecule has 26 heavy (non-hydrogen) atoms. The Bertz CT molecular complexity index is 821. The Morgan fingerprint density at radius 3 is 2.27 bits per heavy atom. The highest BCUT2D eigenvalue weighted by Crippen LogP contribution is 2.39. The Kier molecular flexibility index (Phi) is 6.01. The van der Waals surface area contributed by atoms with Crippen molar-refractivity contribution >= 4 is 21.9 Å². The van der Waals surface area contributed by atoms with Gasteiger partial charge in [-0.25, -0.2) is 4.79 Å². The topological polar surface area (TPSA) is 54.0 Å². The average molecular weight is 435 g/mol. The van der Waals surface area contributed by atoms with E-state index in [-0.39, 0.29) is 22.8 Å². The Morgan fingerprint density at radius 2 is 1.69 bits per heavy atom. The van der Waals surface area contributed by atoms with E-state index >= 15 is 0 Å². The minimum absolute atomic E-state index is 0.00291. The van der Waals surface area contributed by atoms with Crippen LogP contribution in [0.25, 0.3) is 0 Å². The second kappa shape index (κ2) is 7.86. The minimum Gasteiger partial charge on any atom is -0.493 e. The predicted octanol–water partition coefficient (Wildman–Crippen LogP) is 5.24. The van der Waals surface area contributed by atoms with Crippen LogP contribution in [0, 0.1) is 6.92 Å². The van der Waals surface area contributed by atoms with E-state index in [0.29, 0.717) is 10.0 Å². The molecule has 0 spiro atoms. The third-order valence-corrected chi connectivity index (χ3v) is 4.20. The molecule has 0 fully saturated rings. The van der Waals surface area contributed by atoms with Crippen molar-refractivity contribution in [1.29, 1.82) is 0 Å². The first kappa shape index (κ1) is 19.9. The summed E-state index contributed by atoms with van der Waals surface area (Å²) in [6.45, 7) is 1.70. The summed E-state index contributed by atoms with van der Waals surface area (Å²) >= 11 is 3.32. The summed E-state index contributed by atoms with van der Waals surface area (Å²) in [4.78, 5) is 12.1. The molecule has 0 saturated heterocycles. The molecule has 0 aromatic heterocycles. The molecule has 0 N–H and O–H groups in total. The van der Waals surface area contributed by atoms with Crippen molar-refractivity contribution in [3.05, 3.63) is 45.9 Å². The van der Waals surface area contributed by atoms with Crippen LogP contribution in [0.15, 0.2) is 34.8 Å². The van der Waals surface area contributed by atoms with E-state index in [2.05, 4.69) is 20.7 Å². The normalized spacial score (nSPS) is 11.0. The Balaban J connectivity index is 2.43. The van der Waals surface area contributed by atoms with Crippen molar-refractivity contribution in [2.24, 2.45) is 0 Å². The van der Waals surface area contributed by atoms with Gasteiger partial charge in [0.1, 0.15) is 17.1 Å². The van der Waals surface area contributed by atoms with E-state index in [1.165, 1.54) is 26.4 Å². The molecule has 2 aromatic carbocycles. The summed E-state index contributed by atoms with van der Waals surface area (Å²) in [5.74, 6) is -0.797. The summed E-state index contributed by atoms with van der Waals surface area (Å²) in [6.07, 6.45) is -4.83. The van der Waals surface area contributed by atoms with Crippen LogP contribution in [0.2, 0.25) is 0 Å². The average Bonchev–Trinajstić information content (AvgIpc) is 2.57. The molecule has 0 aliphatic heterocycles. The van der Waals surface area contributed by atoms with Crippen LogP contribution < -0.4 is 14.2 Å². The smallest absolute Gasteiger partial charge is 0.493 e. The van der Waals surface area contributed by atoms with Crippen molar-refractivity contribution in [2.75, 3.05) is 14.2 Å². The maximum atomic E-state index is 12.3. The zero-order valence-electron chi connectivity index (χ0n) is 13.9. The monoisotopic (exact) mass is 434 g/mol. The minimum atomic E-state index is -4.83. The van der Waals surface area contributed by atoms with E-state index in [9.17, 15) is 18.0 Å². The van der Waals surface area contributed by atoms with Gasteiger partial charge in [-0.2, -0.15) is 0 Å². The maximum absolute atomic E-state index is 12.3. The first-order chi connectivity index (χ1) is 12.2. The lowest BCUT2D eigenvalue weighted by Crippen LogP contribution is -2.17. The zero-order valence-corrected chi connectivity index (χ0v) is 15.5. The molecule has 0 unspecified atom stereocenters. The Morgan fingerprint density at radius 1 is 1.04 bits per heavy atom. The van der Waals surface area contributed by atoms with Gasteiger partial charge in [-0.05, 0) is 36.8 Å². The lowest BCUT2D eigenvalue weighted by molar-refractivity contribution is -0.274. The first-order valence-corrected chi connectivity index (χ1v) is 7.94. The molecule has 2 aromatic rings. The van der Waals surface area contributed by atoms with Gasteiger partial charge in [-0.3, -0.25) is 0 Å². The number of carbonyl (C=O) groups is 1. The predicted molar refractivity (Wildman–Crippen MR) is 90.0 cm³/mol. The molecule has 0 heterocycles. The molecule has 0 amide bonds. The maximum Gasteiger partial charge on any atom is 0.573 e. The van der Waals surface area contributed by atoms with Gasteiger partial charge in [0.25, 0.3) is 0 Å². The van der Waals surface area contributed by atoms with Gasteiger partial charge >= 0.3 is 12.3 Å². The van der Waals surface area contributed by atoms with Crippen molar-refractivity contribution in [3.63, 3.8) is 0 Å². The zero-order chi connectivity index (χ0) is 19.5. The molecule has 0 aliphatic carbocycles. The highest BCUT2D eigenvalue weighted by atomic mass is 79.9. The number of carbonyl (C=O) groups excluding carboxylic acids is 1. The van der Waals surface area contributed by atoms with Gasteiger partial charge in [0.15, 0.2) is 11.5 Å². The number of alkyl halides is 3. The van der Waals surface area contributed by atoms with E-state index < -0.39 is 18.1 Å². The third-order valence-electron chi connectivity index (χ3n) is 3.34. The highest BCUT2D eigenvalue weighted by molar-refractivity contribution is 9.10. The largest absolute Gasteiger partial charge is 0.573 e. The van der Waals surface area contributed by atoms with E-state index in [4.69, 9.17) is 14.2 Å². The van der Waals surface area contributed by atoms with Crippen molar-refractivity contribution < 1.29 is 36.9 Å². The fourth-order valence-electron chi connectivity index (χ4n) is 2.15. The molecule has 2 rings (SSSR count). The van der Waals surface area contributed by atoms with E-state index in [1.54, 1.807) is 13.0 Å². The fourth-order valence-corrected chi connectivity index (χ4v) is 2.48. The second-order valence-corrected chi connectivity index (χ2v) is 5.85. The van der Waals surface area contributed by atoms with Crippen LogP contribution in [0.3, 0.4) is 0 Å². The number of ether oxygens (including phenoxy) is 4. The number of halogens is 4. The Hall–Kier alpha value is -2.42. The third kappa shape index (κ3) is 4.60. The molecule has 5 nitrogen and oxygen atoms in total. The number of esters is 1. The summed E-state index contributed by atoms with van der Waals surface area (Å²) in [7, 11) is 2.50. The molecule has 0 saturated carbocycles. The second-order valence-electron chi connectivity index (χ2n) is 5.00. The Labute approximate surface area is 155 Å². The summed E-state index contributed by atoms with van der Waals surface area (Å²) in [5.41, 5.74) is 0.768. The van der Waals surface area contributed by atoms with Crippen molar-refractivity contribution in [2.45, 2.75) is 13.3 Å². The lowest BCUT2D eigenvalue weighted by atomic mass is 10.1. The summed E-state index contributed by atoms with van der Waals surface area (Å²) in [5, 5.41) is 0. The molecule has 0 aliphatic rings. The fraction of sp³-hybridized carbons (Fsp3) is 0.235. The van der Waals surface area contributed by atoms with Gasteiger partial charge in [-0.15, -0.1) is 13.2 Å². The van der Waals surface area contributed by atoms with Crippen molar-refractivity contribution in [1.82, 2.24) is 0 Å². The van der Waals surface area contributed by atoms with Crippen molar-refractivity contribution in [3.8, 4) is 23.0 Å². The van der Waals surface area contributed by atoms with Gasteiger partial charge in [-0.1, -0.05) is 15.9 Å². The lowest BCUT2D eigenvalue weighted by Gasteiger charge is -2.16. The van der Waals surface area contributed by atoms with Gasteiger partial charge in [0, 0.05) is 10.5 Å². The molecule has 9 heteroatoms. The molecule has 0 atom stereocenters. The van der Waals surface area contributed by atoms with Gasteiger partial charge in [0.2, 0.25) is 0 Å². The van der Waals surface area contributed by atoms with E-state index in [0.717, 1.165) is 12.1 Å². The number of hydrogen-bond donors (Lipinski definition) is 0. The first-order valence-electron chi connectivity index (χ1n) is 7.15. The number of hydrogen-bond acceptors (Lipinski definition) is 5.